The third kappa shape index (κ3) is 5.04. The number of likely N-dealkylation sites (N-methyl/N-ethyl adjacent to an activating group) is 1. The molecule has 0 radical (unpaired) electrons. The van der Waals surface area contributed by atoms with Gasteiger partial charge in [-0.3, -0.25) is 9.59 Å². The van der Waals surface area contributed by atoms with Crippen molar-refractivity contribution in [1.29, 1.82) is 0 Å². The molecule has 0 spiro atoms. The molecule has 2 amide bonds. The lowest BCUT2D eigenvalue weighted by Gasteiger charge is -2.34. The third-order valence-corrected chi connectivity index (χ3v) is 6.02. The number of carbonyl (C=O) groups excluding carboxylic acids is 2. The van der Waals surface area contributed by atoms with Crippen LogP contribution in [0.15, 0.2) is 53.1 Å². The fourth-order valence-electron chi connectivity index (χ4n) is 3.85. The maximum absolute atomic E-state index is 12.4. The van der Waals surface area contributed by atoms with Crippen LogP contribution in [0.1, 0.15) is 17.3 Å². The number of rotatable bonds is 7. The number of nitrogens with zero attached hydrogens (tertiary/aromatic N) is 3. The maximum Gasteiger partial charge on any atom is 0.251 e. The fraction of sp³-hybridized carbons (Fsp3) is 0.320. The Labute approximate surface area is 198 Å². The van der Waals surface area contributed by atoms with E-state index in [0.29, 0.717) is 28.3 Å². The molecular formula is C25H29N5O4. The zero-order valence-electron chi connectivity index (χ0n) is 19.6. The first-order chi connectivity index (χ1) is 16.4. The Morgan fingerprint density at radius 2 is 1.88 bits per heavy atom. The Morgan fingerprint density at radius 1 is 1.12 bits per heavy atom. The summed E-state index contributed by atoms with van der Waals surface area (Å²) >= 11 is 0. The summed E-state index contributed by atoms with van der Waals surface area (Å²) in [6, 6.07) is 14.1. The van der Waals surface area contributed by atoms with E-state index in [-0.39, 0.29) is 0 Å². The van der Waals surface area contributed by atoms with Gasteiger partial charge in [0, 0.05) is 55.1 Å². The standard InChI is InChI=1S/C25H29N5O4/c1-16(24(26)31)27-25(32)18-6-4-5-17(13-18)21-15-23(34-28-21)20-8-7-19(14-22(20)33-3)30-11-9-29(2)10-12-30/h4-8,13-16H,9-12H2,1-3H3,(H2,26,31)(H,27,32)/t16-/m1/s1. The molecule has 9 nitrogen and oxygen atoms in total. The molecule has 2 aromatic carbocycles. The predicted octanol–water partition coefficient (Wildman–Crippen LogP) is 2.37. The van der Waals surface area contributed by atoms with E-state index in [1.165, 1.54) is 6.92 Å². The summed E-state index contributed by atoms with van der Waals surface area (Å²) in [6.07, 6.45) is 0. The minimum Gasteiger partial charge on any atom is -0.496 e. The number of methoxy groups -OCH3 is 1. The number of amides is 2. The summed E-state index contributed by atoms with van der Waals surface area (Å²) in [5.74, 6) is 0.276. The van der Waals surface area contributed by atoms with Crippen LogP contribution in [-0.4, -0.2) is 68.2 Å². The first kappa shape index (κ1) is 23.3. The molecule has 0 saturated carbocycles. The number of benzene rings is 2. The number of aromatic nitrogens is 1. The second-order valence-electron chi connectivity index (χ2n) is 8.43. The number of primary amides is 1. The van der Waals surface area contributed by atoms with Crippen LogP contribution in [0.25, 0.3) is 22.6 Å². The number of carbonyl (C=O) groups is 2. The van der Waals surface area contributed by atoms with Crippen molar-refractivity contribution >= 4 is 17.5 Å². The Hall–Kier alpha value is -3.85. The van der Waals surface area contributed by atoms with Crippen LogP contribution in [-0.2, 0) is 4.79 Å². The molecule has 178 valence electrons. The monoisotopic (exact) mass is 463 g/mol. The molecule has 1 aliphatic rings. The third-order valence-electron chi connectivity index (χ3n) is 6.02. The predicted molar refractivity (Wildman–Crippen MR) is 130 cm³/mol. The number of anilines is 1. The van der Waals surface area contributed by atoms with Crippen molar-refractivity contribution in [1.82, 2.24) is 15.4 Å². The zero-order chi connectivity index (χ0) is 24.2. The Morgan fingerprint density at radius 3 is 2.59 bits per heavy atom. The molecule has 0 bridgehead atoms. The van der Waals surface area contributed by atoms with E-state index in [1.54, 1.807) is 25.3 Å². The smallest absolute Gasteiger partial charge is 0.251 e. The number of nitrogens with two attached hydrogens (primary N) is 1. The van der Waals surface area contributed by atoms with Gasteiger partial charge in [-0.05, 0) is 38.2 Å². The highest BCUT2D eigenvalue weighted by Crippen LogP contribution is 2.36. The first-order valence-corrected chi connectivity index (χ1v) is 11.1. The van der Waals surface area contributed by atoms with Gasteiger partial charge >= 0.3 is 0 Å². The average molecular weight is 464 g/mol. The minimum absolute atomic E-state index is 0.391. The first-order valence-electron chi connectivity index (χ1n) is 11.1. The summed E-state index contributed by atoms with van der Waals surface area (Å²) in [7, 11) is 3.77. The molecular weight excluding hydrogens is 434 g/mol. The Bertz CT molecular complexity index is 1180. The van der Waals surface area contributed by atoms with Crippen LogP contribution < -0.4 is 20.7 Å². The highest BCUT2D eigenvalue weighted by atomic mass is 16.5. The van der Waals surface area contributed by atoms with Gasteiger partial charge in [-0.2, -0.15) is 0 Å². The van der Waals surface area contributed by atoms with Crippen molar-refractivity contribution in [2.24, 2.45) is 5.73 Å². The summed E-state index contributed by atoms with van der Waals surface area (Å²) in [6.45, 7) is 5.51. The van der Waals surface area contributed by atoms with Gasteiger partial charge in [0.2, 0.25) is 5.91 Å². The SMILES string of the molecule is COc1cc(N2CCN(C)CC2)ccc1-c1cc(-c2cccc(C(=O)N[C@H](C)C(N)=O)c2)no1. The zero-order valence-corrected chi connectivity index (χ0v) is 19.6. The van der Waals surface area contributed by atoms with E-state index >= 15 is 0 Å². The molecule has 3 aromatic rings. The number of nitrogens with one attached hydrogen (secondary N) is 1. The Balaban J connectivity index is 1.55. The Kier molecular flexibility index (Phi) is 6.83. The van der Waals surface area contributed by atoms with Crippen molar-refractivity contribution < 1.29 is 18.8 Å². The number of ether oxygens (including phenoxy) is 1. The van der Waals surface area contributed by atoms with E-state index < -0.39 is 17.9 Å². The molecule has 1 aliphatic heterocycles. The van der Waals surface area contributed by atoms with E-state index in [9.17, 15) is 9.59 Å². The fourth-order valence-corrected chi connectivity index (χ4v) is 3.85. The van der Waals surface area contributed by atoms with E-state index in [1.807, 2.05) is 24.3 Å². The minimum atomic E-state index is -0.768. The normalized spacial score (nSPS) is 15.1. The van der Waals surface area contributed by atoms with Crippen LogP contribution in [0.2, 0.25) is 0 Å². The molecule has 3 N–H and O–H groups in total. The lowest BCUT2D eigenvalue weighted by molar-refractivity contribution is -0.119. The summed E-state index contributed by atoms with van der Waals surface area (Å²) in [5.41, 5.74) is 8.82. The van der Waals surface area contributed by atoms with Crippen LogP contribution in [0.3, 0.4) is 0 Å². The molecule has 4 rings (SSSR count). The molecule has 2 heterocycles. The topological polar surface area (TPSA) is 114 Å². The highest BCUT2D eigenvalue weighted by molar-refractivity contribution is 5.98. The second kappa shape index (κ2) is 9.96. The lowest BCUT2D eigenvalue weighted by Crippen LogP contribution is -2.44. The van der Waals surface area contributed by atoms with Gasteiger partial charge < -0.3 is 30.1 Å². The van der Waals surface area contributed by atoms with Gasteiger partial charge in [-0.1, -0.05) is 17.3 Å². The van der Waals surface area contributed by atoms with E-state index in [2.05, 4.69) is 33.4 Å². The average Bonchev–Trinajstić information content (AvgIpc) is 3.34. The molecule has 0 aliphatic carbocycles. The summed E-state index contributed by atoms with van der Waals surface area (Å²) in [4.78, 5) is 28.3. The van der Waals surface area contributed by atoms with Gasteiger partial charge in [0.25, 0.3) is 5.91 Å². The highest BCUT2D eigenvalue weighted by Gasteiger charge is 2.19. The largest absolute Gasteiger partial charge is 0.496 e. The number of piperazine rings is 1. The van der Waals surface area contributed by atoms with E-state index in [0.717, 1.165) is 37.4 Å². The lowest BCUT2D eigenvalue weighted by atomic mass is 10.1. The maximum atomic E-state index is 12.4. The quantitative estimate of drug-likeness (QED) is 0.553. The van der Waals surface area contributed by atoms with Crippen LogP contribution in [0, 0.1) is 0 Å². The summed E-state index contributed by atoms with van der Waals surface area (Å²) < 4.78 is 11.3. The van der Waals surface area contributed by atoms with Crippen molar-refractivity contribution in [3.8, 4) is 28.3 Å². The van der Waals surface area contributed by atoms with Crippen LogP contribution in [0.4, 0.5) is 5.69 Å². The molecule has 1 saturated heterocycles. The van der Waals surface area contributed by atoms with Crippen LogP contribution in [0.5, 0.6) is 5.75 Å². The van der Waals surface area contributed by atoms with Gasteiger partial charge in [-0.25, -0.2) is 0 Å². The molecule has 34 heavy (non-hydrogen) atoms. The molecule has 1 fully saturated rings. The molecule has 1 aromatic heterocycles. The number of hydrogen-bond donors (Lipinski definition) is 2. The molecule has 9 heteroatoms. The second-order valence-corrected chi connectivity index (χ2v) is 8.43. The van der Waals surface area contributed by atoms with E-state index in [4.69, 9.17) is 15.0 Å². The molecule has 1 atom stereocenters. The van der Waals surface area contributed by atoms with Crippen molar-refractivity contribution in [3.05, 3.63) is 54.1 Å². The van der Waals surface area contributed by atoms with Gasteiger partial charge in [0.15, 0.2) is 5.76 Å². The molecule has 0 unspecified atom stereocenters. The van der Waals surface area contributed by atoms with Crippen molar-refractivity contribution in [2.75, 3.05) is 45.2 Å². The number of hydrogen-bond acceptors (Lipinski definition) is 7. The van der Waals surface area contributed by atoms with Gasteiger partial charge in [0.05, 0.1) is 12.7 Å². The van der Waals surface area contributed by atoms with Crippen molar-refractivity contribution in [2.45, 2.75) is 13.0 Å². The van der Waals surface area contributed by atoms with Gasteiger partial charge in [0.1, 0.15) is 17.5 Å². The van der Waals surface area contributed by atoms with Crippen LogP contribution >= 0.6 is 0 Å². The van der Waals surface area contributed by atoms with Crippen molar-refractivity contribution in [3.63, 3.8) is 0 Å². The van der Waals surface area contributed by atoms with Gasteiger partial charge in [-0.15, -0.1) is 0 Å². The summed E-state index contributed by atoms with van der Waals surface area (Å²) in [5, 5.41) is 6.77.